The number of sulfone groups is 1. The predicted molar refractivity (Wildman–Crippen MR) is 95.0 cm³/mol. The Morgan fingerprint density at radius 2 is 2.09 bits per heavy atom. The van der Waals surface area contributed by atoms with E-state index in [1.165, 1.54) is 6.42 Å². The lowest BCUT2D eigenvalue weighted by Gasteiger charge is -2.31. The van der Waals surface area contributed by atoms with Crippen molar-refractivity contribution < 1.29 is 8.42 Å². The molecule has 2 N–H and O–H groups in total. The Morgan fingerprint density at radius 1 is 1.35 bits per heavy atom. The third-order valence-electron chi connectivity index (χ3n) is 4.10. The average molecular weight is 337 g/mol. The largest absolute Gasteiger partial charge is 0.370 e. The Balaban J connectivity index is 1.76. The summed E-state index contributed by atoms with van der Waals surface area (Å²) >= 11 is 0. The Morgan fingerprint density at radius 3 is 2.78 bits per heavy atom. The summed E-state index contributed by atoms with van der Waals surface area (Å²) in [6.07, 6.45) is 2.89. The first kappa shape index (κ1) is 17.8. The second-order valence-electron chi connectivity index (χ2n) is 6.36. The summed E-state index contributed by atoms with van der Waals surface area (Å²) in [6.45, 7) is 4.58. The highest BCUT2D eigenvalue weighted by molar-refractivity contribution is 7.90. The van der Waals surface area contributed by atoms with Crippen molar-refractivity contribution in [1.82, 2.24) is 4.90 Å². The summed E-state index contributed by atoms with van der Waals surface area (Å²) < 4.78 is 24.2. The summed E-state index contributed by atoms with van der Waals surface area (Å²) in [5.41, 5.74) is 6.84. The molecule has 1 atom stereocenters. The number of likely N-dealkylation sites (tertiary alicyclic amines) is 1. The molecule has 0 amide bonds. The molecule has 0 bridgehead atoms. The minimum absolute atomic E-state index is 0.0939. The van der Waals surface area contributed by atoms with E-state index in [4.69, 9.17) is 5.73 Å². The van der Waals surface area contributed by atoms with Gasteiger partial charge in [0.05, 0.1) is 11.5 Å². The van der Waals surface area contributed by atoms with Crippen LogP contribution in [0.4, 0.5) is 0 Å². The maximum atomic E-state index is 12.1. The van der Waals surface area contributed by atoms with Gasteiger partial charge in [0.15, 0.2) is 15.8 Å². The third kappa shape index (κ3) is 6.22. The van der Waals surface area contributed by atoms with Gasteiger partial charge < -0.3 is 10.6 Å². The van der Waals surface area contributed by atoms with Crippen LogP contribution in [0.2, 0.25) is 0 Å². The molecule has 1 heterocycles. The highest BCUT2D eigenvalue weighted by Crippen LogP contribution is 2.15. The van der Waals surface area contributed by atoms with Crippen LogP contribution >= 0.6 is 0 Å². The van der Waals surface area contributed by atoms with Gasteiger partial charge in [-0.05, 0) is 30.7 Å². The van der Waals surface area contributed by atoms with Crippen LogP contribution in [-0.4, -0.2) is 44.7 Å². The second kappa shape index (κ2) is 8.34. The summed E-state index contributed by atoms with van der Waals surface area (Å²) in [5.74, 6) is 1.44. The minimum atomic E-state index is -3.09. The molecule has 1 aromatic rings. The Hall–Kier alpha value is -1.56. The molecule has 0 radical (unpaired) electrons. The predicted octanol–water partition coefficient (Wildman–Crippen LogP) is 2.04. The summed E-state index contributed by atoms with van der Waals surface area (Å²) in [7, 11) is -3.09. The molecular weight excluding hydrogens is 310 g/mol. The van der Waals surface area contributed by atoms with Gasteiger partial charge in [-0.3, -0.25) is 4.99 Å². The van der Waals surface area contributed by atoms with Crippen LogP contribution in [-0.2, 0) is 15.6 Å². The average Bonchev–Trinajstić information content (AvgIpc) is 2.52. The van der Waals surface area contributed by atoms with Crippen molar-refractivity contribution in [1.29, 1.82) is 0 Å². The Kier molecular flexibility index (Phi) is 6.45. The van der Waals surface area contributed by atoms with Gasteiger partial charge >= 0.3 is 0 Å². The maximum absolute atomic E-state index is 12.1. The van der Waals surface area contributed by atoms with Crippen molar-refractivity contribution in [3.05, 3.63) is 35.9 Å². The fourth-order valence-corrected chi connectivity index (χ4v) is 4.29. The van der Waals surface area contributed by atoms with Gasteiger partial charge in [-0.25, -0.2) is 8.42 Å². The van der Waals surface area contributed by atoms with Gasteiger partial charge in [-0.15, -0.1) is 0 Å². The summed E-state index contributed by atoms with van der Waals surface area (Å²) in [5, 5.41) is 0. The lowest BCUT2D eigenvalue weighted by Crippen LogP contribution is -2.43. The molecule has 0 aliphatic carbocycles. The molecule has 0 saturated carbocycles. The smallest absolute Gasteiger partial charge is 0.191 e. The number of rotatable bonds is 6. The topological polar surface area (TPSA) is 75.8 Å². The fourth-order valence-electron chi connectivity index (χ4n) is 2.88. The number of hydrogen-bond acceptors (Lipinski definition) is 3. The highest BCUT2D eigenvalue weighted by atomic mass is 32.2. The fraction of sp³-hybridized carbons (Fsp3) is 0.588. The van der Waals surface area contributed by atoms with Crippen LogP contribution in [0.15, 0.2) is 35.3 Å². The van der Waals surface area contributed by atoms with Crippen molar-refractivity contribution in [2.45, 2.75) is 31.9 Å². The van der Waals surface area contributed by atoms with E-state index in [9.17, 15) is 8.42 Å². The number of nitrogens with zero attached hydrogens (tertiary/aromatic N) is 2. The van der Waals surface area contributed by atoms with Gasteiger partial charge in [0, 0.05) is 19.6 Å². The molecule has 6 heteroatoms. The van der Waals surface area contributed by atoms with E-state index in [1.807, 2.05) is 30.3 Å². The highest BCUT2D eigenvalue weighted by Gasteiger charge is 2.17. The molecule has 2 rings (SSSR count). The van der Waals surface area contributed by atoms with Crippen molar-refractivity contribution in [2.75, 3.05) is 25.4 Å². The standard InChI is InChI=1S/C17H27N3O2S/c1-15-7-5-11-20(13-15)17(18)19-10-6-12-23(21,22)14-16-8-3-2-4-9-16/h2-4,8-9,15H,5-7,10-14H2,1H3,(H2,18,19)/t15-/m1/s1. The zero-order chi connectivity index (χ0) is 16.7. The number of benzene rings is 1. The van der Waals surface area contributed by atoms with E-state index in [2.05, 4.69) is 16.8 Å². The first-order chi connectivity index (χ1) is 11.0. The molecule has 1 saturated heterocycles. The molecule has 5 nitrogen and oxygen atoms in total. The van der Waals surface area contributed by atoms with Crippen LogP contribution in [0.5, 0.6) is 0 Å². The van der Waals surface area contributed by atoms with Crippen LogP contribution in [0.1, 0.15) is 31.7 Å². The van der Waals surface area contributed by atoms with E-state index < -0.39 is 9.84 Å². The Labute approximate surface area is 139 Å². The Bertz CT molecular complexity index is 614. The zero-order valence-corrected chi connectivity index (χ0v) is 14.6. The number of guanidine groups is 1. The first-order valence-corrected chi connectivity index (χ1v) is 10.1. The molecule has 0 aromatic heterocycles. The number of piperidine rings is 1. The van der Waals surface area contributed by atoms with Crippen molar-refractivity contribution in [3.63, 3.8) is 0 Å². The van der Waals surface area contributed by atoms with Crippen molar-refractivity contribution in [3.8, 4) is 0 Å². The molecule has 128 valence electrons. The third-order valence-corrected chi connectivity index (χ3v) is 5.78. The maximum Gasteiger partial charge on any atom is 0.191 e. The quantitative estimate of drug-likeness (QED) is 0.490. The van der Waals surface area contributed by atoms with E-state index in [-0.39, 0.29) is 11.5 Å². The SMILES string of the molecule is C[C@@H]1CCCN(C(N)=NCCCS(=O)(=O)Cc2ccccc2)C1. The molecule has 23 heavy (non-hydrogen) atoms. The lowest BCUT2D eigenvalue weighted by molar-refractivity contribution is 0.270. The number of hydrogen-bond donors (Lipinski definition) is 1. The monoisotopic (exact) mass is 337 g/mol. The molecule has 0 unspecified atom stereocenters. The van der Waals surface area contributed by atoms with E-state index >= 15 is 0 Å². The van der Waals surface area contributed by atoms with Gasteiger partial charge in [0.2, 0.25) is 0 Å². The van der Waals surface area contributed by atoms with Crippen LogP contribution in [0, 0.1) is 5.92 Å². The second-order valence-corrected chi connectivity index (χ2v) is 8.55. The number of aliphatic imine (C=N–C) groups is 1. The summed E-state index contributed by atoms with van der Waals surface area (Å²) in [6, 6.07) is 9.27. The van der Waals surface area contributed by atoms with Gasteiger partial charge in [-0.2, -0.15) is 0 Å². The normalized spacial score (nSPS) is 19.8. The molecule has 1 aliphatic rings. The molecule has 0 spiro atoms. The van der Waals surface area contributed by atoms with E-state index in [1.54, 1.807) is 0 Å². The zero-order valence-electron chi connectivity index (χ0n) is 13.8. The molecule has 1 fully saturated rings. The van der Waals surface area contributed by atoms with Gasteiger partial charge in [0.25, 0.3) is 0 Å². The van der Waals surface area contributed by atoms with Crippen molar-refractivity contribution >= 4 is 15.8 Å². The number of nitrogens with two attached hydrogens (primary N) is 1. The molecule has 1 aliphatic heterocycles. The lowest BCUT2D eigenvalue weighted by atomic mass is 10.0. The van der Waals surface area contributed by atoms with E-state index in [0.717, 1.165) is 25.1 Å². The summed E-state index contributed by atoms with van der Waals surface area (Å²) in [4.78, 5) is 6.45. The van der Waals surface area contributed by atoms with E-state index in [0.29, 0.717) is 24.8 Å². The van der Waals surface area contributed by atoms with Gasteiger partial charge in [-0.1, -0.05) is 37.3 Å². The minimum Gasteiger partial charge on any atom is -0.370 e. The molecular formula is C17H27N3O2S. The van der Waals surface area contributed by atoms with Gasteiger partial charge in [0.1, 0.15) is 0 Å². The van der Waals surface area contributed by atoms with Crippen LogP contribution < -0.4 is 5.73 Å². The van der Waals surface area contributed by atoms with Crippen LogP contribution in [0.25, 0.3) is 0 Å². The van der Waals surface area contributed by atoms with Crippen molar-refractivity contribution in [2.24, 2.45) is 16.6 Å². The molecule has 1 aromatic carbocycles. The van der Waals surface area contributed by atoms with Crippen LogP contribution in [0.3, 0.4) is 0 Å². The first-order valence-electron chi connectivity index (χ1n) is 8.25.